The quantitative estimate of drug-likeness (QED) is 0.490. The topological polar surface area (TPSA) is 29.1 Å². The van der Waals surface area contributed by atoms with E-state index in [1.54, 1.807) is 18.2 Å². The molecule has 2 aromatic carbocycles. The summed E-state index contributed by atoms with van der Waals surface area (Å²) in [6.45, 7) is 0.284. The summed E-state index contributed by atoms with van der Waals surface area (Å²) in [6.07, 6.45) is -0.269. The molecule has 1 aliphatic carbocycles. The second-order valence-corrected chi connectivity index (χ2v) is 8.12. The lowest BCUT2D eigenvalue weighted by molar-refractivity contribution is -0.139. The summed E-state index contributed by atoms with van der Waals surface area (Å²) >= 11 is 17.9. The minimum Gasteiger partial charge on any atom is -0.352 e. The molecule has 1 N–H and O–H groups in total. The number of halogens is 6. The first-order chi connectivity index (χ1) is 13.6. The first-order valence-electron chi connectivity index (χ1n) is 8.91. The summed E-state index contributed by atoms with van der Waals surface area (Å²) in [5.74, 6) is -1.75. The number of amides is 1. The van der Waals surface area contributed by atoms with Crippen LogP contribution >= 0.6 is 34.8 Å². The molecule has 0 spiro atoms. The summed E-state index contributed by atoms with van der Waals surface area (Å²) in [5.41, 5.74) is 1.21. The summed E-state index contributed by atoms with van der Waals surface area (Å²) in [6, 6.07) is 8.77. The van der Waals surface area contributed by atoms with Crippen LogP contribution in [0.2, 0.25) is 15.1 Å². The van der Waals surface area contributed by atoms with Crippen molar-refractivity contribution in [1.29, 1.82) is 0 Å². The maximum atomic E-state index is 13.5. The molecule has 1 aliphatic rings. The molecule has 3 rings (SSSR count). The molecular formula is C21H17Cl3F3NO. The highest BCUT2D eigenvalue weighted by Crippen LogP contribution is 2.38. The Hall–Kier alpha value is -1.69. The minimum absolute atomic E-state index is 0.000293. The van der Waals surface area contributed by atoms with Crippen LogP contribution in [0.1, 0.15) is 35.4 Å². The molecule has 154 valence electrons. The average Bonchev–Trinajstić information content (AvgIpc) is 3.48. The molecule has 0 radical (unpaired) electrons. The van der Waals surface area contributed by atoms with Crippen molar-refractivity contribution in [2.75, 3.05) is 0 Å². The van der Waals surface area contributed by atoms with Gasteiger partial charge in [-0.1, -0.05) is 65.2 Å². The number of alkyl halides is 3. The van der Waals surface area contributed by atoms with Crippen LogP contribution in [-0.4, -0.2) is 12.1 Å². The molecule has 0 aromatic heterocycles. The molecular weight excluding hydrogens is 446 g/mol. The fourth-order valence-electron chi connectivity index (χ4n) is 2.81. The van der Waals surface area contributed by atoms with Crippen molar-refractivity contribution in [1.82, 2.24) is 5.32 Å². The number of benzene rings is 2. The molecule has 2 aromatic rings. The molecule has 1 amide bonds. The van der Waals surface area contributed by atoms with E-state index in [1.165, 1.54) is 24.3 Å². The van der Waals surface area contributed by atoms with Gasteiger partial charge < -0.3 is 5.32 Å². The van der Waals surface area contributed by atoms with Gasteiger partial charge in [-0.05, 0) is 47.7 Å². The zero-order valence-corrected chi connectivity index (χ0v) is 17.3. The van der Waals surface area contributed by atoms with E-state index in [9.17, 15) is 18.0 Å². The molecule has 0 saturated heterocycles. The van der Waals surface area contributed by atoms with Crippen molar-refractivity contribution in [2.45, 2.75) is 31.5 Å². The van der Waals surface area contributed by atoms with Gasteiger partial charge in [-0.2, -0.15) is 13.2 Å². The van der Waals surface area contributed by atoms with Gasteiger partial charge in [0.05, 0.1) is 16.0 Å². The van der Waals surface area contributed by atoms with Crippen molar-refractivity contribution in [2.24, 2.45) is 5.92 Å². The van der Waals surface area contributed by atoms with Gasteiger partial charge in [0.1, 0.15) is 0 Å². The van der Waals surface area contributed by atoms with Gasteiger partial charge in [-0.15, -0.1) is 0 Å². The van der Waals surface area contributed by atoms with Gasteiger partial charge >= 0.3 is 6.18 Å². The first kappa shape index (κ1) is 22.0. The van der Waals surface area contributed by atoms with E-state index in [0.717, 1.165) is 18.9 Å². The van der Waals surface area contributed by atoms with Crippen LogP contribution in [0.15, 0.2) is 42.5 Å². The van der Waals surface area contributed by atoms with Crippen molar-refractivity contribution >= 4 is 46.8 Å². The number of carbonyl (C=O) groups excluding carboxylic acids is 1. The van der Waals surface area contributed by atoms with Crippen LogP contribution in [-0.2, 0) is 11.3 Å². The normalized spacial score (nSPS) is 15.5. The number of carbonyl (C=O) groups is 1. The van der Waals surface area contributed by atoms with E-state index in [-0.39, 0.29) is 34.0 Å². The number of hydrogen-bond donors (Lipinski definition) is 1. The highest BCUT2D eigenvalue weighted by atomic mass is 35.5. The monoisotopic (exact) mass is 461 g/mol. The Morgan fingerprint density at radius 2 is 1.79 bits per heavy atom. The molecule has 8 heteroatoms. The highest BCUT2D eigenvalue weighted by molar-refractivity contribution is 6.42. The van der Waals surface area contributed by atoms with Gasteiger partial charge in [0, 0.05) is 17.5 Å². The fraction of sp³-hybridized carbons (Fsp3) is 0.286. The lowest BCUT2D eigenvalue weighted by atomic mass is 9.97. The third-order valence-corrected chi connectivity index (χ3v) is 5.71. The SMILES string of the molecule is O=C(NCc1ccc(/C=C/C(c2ccc(Cl)c(Cl)c2)C(F)(F)F)cc1Cl)C1CC1. The maximum Gasteiger partial charge on any atom is 0.399 e. The van der Waals surface area contributed by atoms with E-state index in [4.69, 9.17) is 34.8 Å². The Bertz CT molecular complexity index is 939. The molecule has 1 unspecified atom stereocenters. The standard InChI is InChI=1S/C21H17Cl3F3NO/c22-17-8-6-14(10-19(17)24)16(21(25,26)27)7-2-12-1-3-15(18(23)9-12)11-28-20(29)13-4-5-13/h1-3,6-10,13,16H,4-5,11H2,(H,28,29)/b7-2+. The average molecular weight is 463 g/mol. The molecule has 1 atom stereocenters. The highest BCUT2D eigenvalue weighted by Gasteiger charge is 2.39. The number of allylic oxidation sites excluding steroid dienone is 1. The van der Waals surface area contributed by atoms with E-state index >= 15 is 0 Å². The second-order valence-electron chi connectivity index (χ2n) is 6.89. The molecule has 0 bridgehead atoms. The lowest BCUT2D eigenvalue weighted by Gasteiger charge is -2.18. The van der Waals surface area contributed by atoms with Gasteiger partial charge in [0.25, 0.3) is 0 Å². The van der Waals surface area contributed by atoms with Gasteiger partial charge in [-0.3, -0.25) is 4.79 Å². The second kappa shape index (κ2) is 8.99. The number of rotatable bonds is 6. The Morgan fingerprint density at radius 1 is 1.07 bits per heavy atom. The molecule has 1 fully saturated rings. The van der Waals surface area contributed by atoms with E-state index in [2.05, 4.69) is 5.32 Å². The lowest BCUT2D eigenvalue weighted by Crippen LogP contribution is -2.24. The van der Waals surface area contributed by atoms with Crippen LogP contribution in [0.4, 0.5) is 13.2 Å². The van der Waals surface area contributed by atoms with Crippen molar-refractivity contribution in [3.05, 3.63) is 74.2 Å². The third-order valence-electron chi connectivity index (χ3n) is 4.61. The van der Waals surface area contributed by atoms with Gasteiger partial charge in [-0.25, -0.2) is 0 Å². The van der Waals surface area contributed by atoms with E-state index in [1.807, 2.05) is 0 Å². The Balaban J connectivity index is 1.75. The Morgan fingerprint density at radius 3 is 2.38 bits per heavy atom. The largest absolute Gasteiger partial charge is 0.399 e. The third kappa shape index (κ3) is 5.91. The van der Waals surface area contributed by atoms with Crippen LogP contribution in [0.25, 0.3) is 6.08 Å². The molecule has 1 saturated carbocycles. The van der Waals surface area contributed by atoms with Crippen molar-refractivity contribution in [3.63, 3.8) is 0 Å². The van der Waals surface area contributed by atoms with Crippen LogP contribution < -0.4 is 5.32 Å². The van der Waals surface area contributed by atoms with Crippen LogP contribution in [0.3, 0.4) is 0 Å². The number of hydrogen-bond acceptors (Lipinski definition) is 1. The summed E-state index contributed by atoms with van der Waals surface area (Å²) < 4.78 is 40.6. The Kier molecular flexibility index (Phi) is 6.82. The smallest absolute Gasteiger partial charge is 0.352 e. The maximum absolute atomic E-state index is 13.5. The van der Waals surface area contributed by atoms with Gasteiger partial charge in [0.15, 0.2) is 0 Å². The predicted molar refractivity (Wildman–Crippen MR) is 110 cm³/mol. The van der Waals surface area contributed by atoms with Crippen LogP contribution in [0, 0.1) is 5.92 Å². The van der Waals surface area contributed by atoms with Crippen LogP contribution in [0.5, 0.6) is 0 Å². The molecule has 0 aliphatic heterocycles. The Labute approximate surface area is 181 Å². The van der Waals surface area contributed by atoms with Crippen molar-refractivity contribution < 1.29 is 18.0 Å². The summed E-state index contributed by atoms with van der Waals surface area (Å²) in [4.78, 5) is 11.7. The zero-order chi connectivity index (χ0) is 21.2. The molecule has 29 heavy (non-hydrogen) atoms. The molecule has 2 nitrogen and oxygen atoms in total. The zero-order valence-electron chi connectivity index (χ0n) is 15.1. The van der Waals surface area contributed by atoms with E-state index in [0.29, 0.717) is 16.1 Å². The summed E-state index contributed by atoms with van der Waals surface area (Å²) in [5, 5.41) is 3.44. The predicted octanol–water partition coefficient (Wildman–Crippen LogP) is 7.03. The molecule has 0 heterocycles. The fourth-order valence-corrected chi connectivity index (χ4v) is 3.37. The van der Waals surface area contributed by atoms with E-state index < -0.39 is 12.1 Å². The minimum atomic E-state index is -4.50. The number of nitrogens with one attached hydrogen (secondary N) is 1. The van der Waals surface area contributed by atoms with Crippen molar-refractivity contribution in [3.8, 4) is 0 Å². The van der Waals surface area contributed by atoms with Gasteiger partial charge in [0.2, 0.25) is 5.91 Å². The first-order valence-corrected chi connectivity index (χ1v) is 10.0. The summed E-state index contributed by atoms with van der Waals surface area (Å²) in [7, 11) is 0.